The summed E-state index contributed by atoms with van der Waals surface area (Å²) in [5.74, 6) is 1.45. The molecule has 3 nitrogen and oxygen atoms in total. The number of nitriles is 1. The average molecular weight is 346 g/mol. The normalized spacial score (nSPS) is 30.2. The summed E-state index contributed by atoms with van der Waals surface area (Å²) in [7, 11) is 0. The first kappa shape index (κ1) is 17.3. The van der Waals surface area contributed by atoms with Crippen LogP contribution in [-0.4, -0.2) is 18.7 Å². The van der Waals surface area contributed by atoms with Crippen molar-refractivity contribution in [3.8, 4) is 6.07 Å². The standard InChI is InChI=1S/C23H26N2O/c1-15-10-17(13-24)6-7-19(15)14-26-23-5-3-4-21(16(23)2)18-8-9-25-22-12-20(22)11-18/h3-7,10,18,20,22-23,25H,2,8-9,11-12,14H2,1H3/t18-,20?,22?,23?/m1/s1. The Labute approximate surface area is 156 Å². The van der Waals surface area contributed by atoms with Crippen LogP contribution in [0.25, 0.3) is 0 Å². The van der Waals surface area contributed by atoms with E-state index in [1.54, 1.807) is 0 Å². The molecule has 0 spiro atoms. The maximum atomic E-state index is 9.00. The molecule has 3 heteroatoms. The first-order valence-electron chi connectivity index (χ1n) is 9.58. The molecule has 1 saturated heterocycles. The number of rotatable bonds is 4. The summed E-state index contributed by atoms with van der Waals surface area (Å²) < 4.78 is 6.20. The Bertz CT molecular complexity index is 814. The molecule has 3 aliphatic rings. The SMILES string of the molecule is C=C1C([C@@H]2CCNC3CC3C2)=CC=CC1OCc1ccc(C#N)cc1C. The second kappa shape index (κ2) is 7.23. The maximum absolute atomic E-state index is 9.00. The van der Waals surface area contributed by atoms with Crippen molar-refractivity contribution in [1.29, 1.82) is 5.26 Å². The van der Waals surface area contributed by atoms with Crippen LogP contribution < -0.4 is 5.32 Å². The minimum Gasteiger partial charge on any atom is -0.365 e. The maximum Gasteiger partial charge on any atom is 0.101 e. The van der Waals surface area contributed by atoms with Gasteiger partial charge < -0.3 is 10.1 Å². The van der Waals surface area contributed by atoms with Crippen molar-refractivity contribution in [3.05, 3.63) is 70.8 Å². The number of hydrogen-bond acceptors (Lipinski definition) is 3. The van der Waals surface area contributed by atoms with Gasteiger partial charge in [-0.3, -0.25) is 0 Å². The molecule has 0 aromatic heterocycles. The molecule has 0 amide bonds. The van der Waals surface area contributed by atoms with Crippen molar-refractivity contribution in [1.82, 2.24) is 5.32 Å². The van der Waals surface area contributed by atoms with Gasteiger partial charge in [0.25, 0.3) is 0 Å². The molecule has 0 radical (unpaired) electrons. The van der Waals surface area contributed by atoms with E-state index in [1.165, 1.54) is 24.8 Å². The molecule has 2 aliphatic carbocycles. The highest BCUT2D eigenvalue weighted by Gasteiger charge is 2.41. The lowest BCUT2D eigenvalue weighted by atomic mass is 9.82. The quantitative estimate of drug-likeness (QED) is 0.889. The molecule has 3 unspecified atom stereocenters. The van der Waals surface area contributed by atoms with E-state index < -0.39 is 0 Å². The third kappa shape index (κ3) is 3.53. The van der Waals surface area contributed by atoms with Gasteiger partial charge in [-0.15, -0.1) is 0 Å². The van der Waals surface area contributed by atoms with E-state index in [2.05, 4.69) is 36.2 Å². The fourth-order valence-electron chi connectivity index (χ4n) is 4.28. The van der Waals surface area contributed by atoms with Crippen LogP contribution >= 0.6 is 0 Å². The summed E-state index contributed by atoms with van der Waals surface area (Å²) in [5.41, 5.74) is 5.41. The largest absolute Gasteiger partial charge is 0.365 e. The lowest BCUT2D eigenvalue weighted by molar-refractivity contribution is 0.0940. The van der Waals surface area contributed by atoms with Crippen LogP contribution in [0.15, 0.2) is 54.2 Å². The van der Waals surface area contributed by atoms with Crippen molar-refractivity contribution in [3.63, 3.8) is 0 Å². The van der Waals surface area contributed by atoms with Crippen molar-refractivity contribution < 1.29 is 4.74 Å². The Morgan fingerprint density at radius 2 is 2.23 bits per heavy atom. The van der Waals surface area contributed by atoms with Gasteiger partial charge in [0.1, 0.15) is 6.10 Å². The topological polar surface area (TPSA) is 45.0 Å². The van der Waals surface area contributed by atoms with Gasteiger partial charge in [0.2, 0.25) is 0 Å². The van der Waals surface area contributed by atoms with Gasteiger partial charge in [-0.25, -0.2) is 0 Å². The summed E-state index contributed by atoms with van der Waals surface area (Å²) in [6, 6.07) is 8.71. The Kier molecular flexibility index (Phi) is 4.80. The van der Waals surface area contributed by atoms with E-state index in [0.29, 0.717) is 18.1 Å². The Balaban J connectivity index is 1.41. The van der Waals surface area contributed by atoms with Gasteiger partial charge in [0.05, 0.1) is 18.2 Å². The molecule has 26 heavy (non-hydrogen) atoms. The zero-order valence-electron chi connectivity index (χ0n) is 15.4. The van der Waals surface area contributed by atoms with Crippen LogP contribution in [0.4, 0.5) is 0 Å². The molecule has 1 N–H and O–H groups in total. The zero-order valence-corrected chi connectivity index (χ0v) is 15.4. The number of ether oxygens (including phenoxy) is 1. The fourth-order valence-corrected chi connectivity index (χ4v) is 4.28. The van der Waals surface area contributed by atoms with Crippen LogP contribution in [0.3, 0.4) is 0 Å². The third-order valence-electron chi connectivity index (χ3n) is 6.02. The highest BCUT2D eigenvalue weighted by Crippen LogP contribution is 2.43. The highest BCUT2D eigenvalue weighted by molar-refractivity contribution is 5.43. The third-order valence-corrected chi connectivity index (χ3v) is 6.02. The van der Waals surface area contributed by atoms with E-state index in [9.17, 15) is 0 Å². The van der Waals surface area contributed by atoms with E-state index in [-0.39, 0.29) is 6.10 Å². The van der Waals surface area contributed by atoms with Crippen LogP contribution in [0.5, 0.6) is 0 Å². The van der Waals surface area contributed by atoms with E-state index in [1.807, 2.05) is 25.1 Å². The van der Waals surface area contributed by atoms with E-state index in [0.717, 1.165) is 35.2 Å². The van der Waals surface area contributed by atoms with Gasteiger partial charge in [-0.1, -0.05) is 30.9 Å². The zero-order chi connectivity index (χ0) is 18.1. The lowest BCUT2D eigenvalue weighted by Gasteiger charge is -2.28. The Morgan fingerprint density at radius 1 is 1.35 bits per heavy atom. The van der Waals surface area contributed by atoms with Crippen molar-refractivity contribution in [2.24, 2.45) is 11.8 Å². The molecule has 1 aromatic carbocycles. The minimum atomic E-state index is -0.0590. The summed E-state index contributed by atoms with van der Waals surface area (Å²) in [4.78, 5) is 0. The second-order valence-electron chi connectivity index (χ2n) is 7.79. The smallest absolute Gasteiger partial charge is 0.101 e. The fraction of sp³-hybridized carbons (Fsp3) is 0.435. The number of nitrogens with one attached hydrogen (secondary N) is 1. The molecule has 134 valence electrons. The average Bonchev–Trinajstić information content (AvgIpc) is 3.40. The van der Waals surface area contributed by atoms with Crippen LogP contribution in [0.2, 0.25) is 0 Å². The monoisotopic (exact) mass is 346 g/mol. The highest BCUT2D eigenvalue weighted by atomic mass is 16.5. The molecule has 1 saturated carbocycles. The molecule has 1 heterocycles. The summed E-state index contributed by atoms with van der Waals surface area (Å²) in [5, 5.41) is 12.7. The summed E-state index contributed by atoms with van der Waals surface area (Å²) in [6.45, 7) is 8.05. The molecule has 0 bridgehead atoms. The molecule has 1 aromatic rings. The number of allylic oxidation sites excluding steroid dienone is 2. The number of fused-ring (bicyclic) bond motifs is 1. The van der Waals surface area contributed by atoms with Crippen LogP contribution in [0, 0.1) is 30.1 Å². The van der Waals surface area contributed by atoms with Crippen LogP contribution in [-0.2, 0) is 11.3 Å². The predicted molar refractivity (Wildman–Crippen MR) is 103 cm³/mol. The first-order chi connectivity index (χ1) is 12.7. The molecule has 4 atom stereocenters. The summed E-state index contributed by atoms with van der Waals surface area (Å²) in [6.07, 6.45) is 10.2. The van der Waals surface area contributed by atoms with Gasteiger partial charge >= 0.3 is 0 Å². The minimum absolute atomic E-state index is 0.0590. The Hall–Kier alpha value is -2.15. The van der Waals surface area contributed by atoms with E-state index >= 15 is 0 Å². The van der Waals surface area contributed by atoms with Gasteiger partial charge in [0.15, 0.2) is 0 Å². The van der Waals surface area contributed by atoms with Gasteiger partial charge in [-0.2, -0.15) is 5.26 Å². The lowest BCUT2D eigenvalue weighted by Crippen LogP contribution is -2.22. The molecule has 2 fully saturated rings. The number of aryl methyl sites for hydroxylation is 1. The molecular formula is C23H26N2O. The van der Waals surface area contributed by atoms with Crippen LogP contribution in [0.1, 0.15) is 36.0 Å². The van der Waals surface area contributed by atoms with Gasteiger partial charge in [-0.05, 0) is 79.0 Å². The van der Waals surface area contributed by atoms with Crippen molar-refractivity contribution in [2.75, 3.05) is 6.54 Å². The van der Waals surface area contributed by atoms with Crippen molar-refractivity contribution >= 4 is 0 Å². The Morgan fingerprint density at radius 3 is 3.04 bits per heavy atom. The van der Waals surface area contributed by atoms with Crippen molar-refractivity contribution in [2.45, 2.75) is 44.9 Å². The van der Waals surface area contributed by atoms with E-state index in [4.69, 9.17) is 10.00 Å². The molecule has 1 aliphatic heterocycles. The summed E-state index contributed by atoms with van der Waals surface area (Å²) >= 11 is 0. The predicted octanol–water partition coefficient (Wildman–Crippen LogP) is 4.19. The molecular weight excluding hydrogens is 320 g/mol. The number of nitrogens with zero attached hydrogens (tertiary/aromatic N) is 1. The van der Waals surface area contributed by atoms with Gasteiger partial charge in [0, 0.05) is 6.04 Å². The first-order valence-corrected chi connectivity index (χ1v) is 9.58. The number of hydrogen-bond donors (Lipinski definition) is 1. The number of benzene rings is 1. The second-order valence-corrected chi connectivity index (χ2v) is 7.79. The molecule has 4 rings (SSSR count).